The number of anilines is 1. The lowest BCUT2D eigenvalue weighted by Crippen LogP contribution is -2.01. The Kier molecular flexibility index (Phi) is 2.91. The highest BCUT2D eigenvalue weighted by atomic mass is 79.9. The van der Waals surface area contributed by atoms with Crippen LogP contribution in [0.4, 0.5) is 5.69 Å². The largest absolute Gasteiger partial charge is 0.388 e. The van der Waals surface area contributed by atoms with Crippen LogP contribution in [-0.2, 0) is 6.54 Å². The molecule has 60 valence electrons. The van der Waals surface area contributed by atoms with E-state index in [1.165, 1.54) is 0 Å². The summed E-state index contributed by atoms with van der Waals surface area (Å²) >= 11 is 3.39. The second kappa shape index (κ2) is 3.74. The maximum Gasteiger partial charge on any atom is 0.0394 e. The van der Waals surface area contributed by atoms with Crippen LogP contribution in [0.5, 0.6) is 0 Å². The number of hydrogen-bond acceptors (Lipinski definition) is 2. The molecule has 0 spiro atoms. The van der Waals surface area contributed by atoms with Crippen molar-refractivity contribution in [1.29, 1.82) is 0 Å². The van der Waals surface area contributed by atoms with Gasteiger partial charge in [0.25, 0.3) is 0 Å². The van der Waals surface area contributed by atoms with Crippen molar-refractivity contribution in [3.05, 3.63) is 28.2 Å². The Labute approximate surface area is 74.9 Å². The van der Waals surface area contributed by atoms with Gasteiger partial charge < -0.3 is 11.1 Å². The highest BCUT2D eigenvalue weighted by Crippen LogP contribution is 2.20. The van der Waals surface area contributed by atoms with Gasteiger partial charge in [0.2, 0.25) is 0 Å². The van der Waals surface area contributed by atoms with Crippen molar-refractivity contribution in [2.45, 2.75) is 6.54 Å². The maximum atomic E-state index is 5.52. The monoisotopic (exact) mass is 214 g/mol. The van der Waals surface area contributed by atoms with Gasteiger partial charge in [-0.05, 0) is 17.7 Å². The molecular formula is C8H11BrN2. The van der Waals surface area contributed by atoms with E-state index in [1.54, 1.807) is 0 Å². The molecule has 0 aromatic heterocycles. The number of hydrogen-bond donors (Lipinski definition) is 2. The van der Waals surface area contributed by atoms with Crippen molar-refractivity contribution in [2.24, 2.45) is 5.73 Å². The molecule has 0 saturated carbocycles. The Morgan fingerprint density at radius 2 is 2.27 bits per heavy atom. The second-order valence-electron chi connectivity index (χ2n) is 2.26. The third kappa shape index (κ3) is 1.94. The molecule has 0 aliphatic rings. The van der Waals surface area contributed by atoms with Crippen LogP contribution < -0.4 is 11.1 Å². The summed E-state index contributed by atoms with van der Waals surface area (Å²) in [6.45, 7) is 0.573. The fraction of sp³-hybridized carbons (Fsp3) is 0.250. The average molecular weight is 215 g/mol. The number of nitrogens with one attached hydrogen (secondary N) is 1. The molecule has 0 bridgehead atoms. The first-order chi connectivity index (χ1) is 5.27. The van der Waals surface area contributed by atoms with E-state index in [9.17, 15) is 0 Å². The molecule has 0 aliphatic carbocycles. The summed E-state index contributed by atoms with van der Waals surface area (Å²) in [6, 6.07) is 6.02. The van der Waals surface area contributed by atoms with Crippen LogP contribution in [0.25, 0.3) is 0 Å². The lowest BCUT2D eigenvalue weighted by molar-refractivity contribution is 1.07. The molecule has 1 aromatic carbocycles. The molecule has 0 radical (unpaired) electrons. The number of nitrogens with two attached hydrogens (primary N) is 1. The molecule has 0 unspecified atom stereocenters. The quantitative estimate of drug-likeness (QED) is 0.791. The van der Waals surface area contributed by atoms with Crippen molar-refractivity contribution in [1.82, 2.24) is 0 Å². The van der Waals surface area contributed by atoms with Gasteiger partial charge in [-0.25, -0.2) is 0 Å². The molecule has 0 heterocycles. The van der Waals surface area contributed by atoms with Gasteiger partial charge in [0.1, 0.15) is 0 Å². The average Bonchev–Trinajstić information content (AvgIpc) is 2.04. The summed E-state index contributed by atoms with van der Waals surface area (Å²) in [5.74, 6) is 0. The van der Waals surface area contributed by atoms with E-state index in [0.717, 1.165) is 15.7 Å². The molecule has 1 rings (SSSR count). The van der Waals surface area contributed by atoms with E-state index < -0.39 is 0 Å². The minimum absolute atomic E-state index is 0.573. The van der Waals surface area contributed by atoms with Crippen LogP contribution in [0.2, 0.25) is 0 Å². The van der Waals surface area contributed by atoms with Gasteiger partial charge in [-0.15, -0.1) is 0 Å². The molecule has 1 aromatic rings. The molecule has 11 heavy (non-hydrogen) atoms. The van der Waals surface area contributed by atoms with Gasteiger partial charge in [-0.2, -0.15) is 0 Å². The molecule has 3 N–H and O–H groups in total. The van der Waals surface area contributed by atoms with Gasteiger partial charge in [0, 0.05) is 23.8 Å². The van der Waals surface area contributed by atoms with Crippen LogP contribution in [-0.4, -0.2) is 7.05 Å². The van der Waals surface area contributed by atoms with Crippen molar-refractivity contribution < 1.29 is 0 Å². The Hall–Kier alpha value is -0.540. The Morgan fingerprint density at radius 1 is 1.55 bits per heavy atom. The first-order valence-electron chi connectivity index (χ1n) is 3.44. The number of rotatable bonds is 2. The summed E-state index contributed by atoms with van der Waals surface area (Å²) in [7, 11) is 1.89. The topological polar surface area (TPSA) is 38.0 Å². The molecule has 0 saturated heterocycles. The SMILES string of the molecule is CNc1cc(Br)ccc1CN. The predicted octanol–water partition coefficient (Wildman–Crippen LogP) is 1.95. The zero-order valence-electron chi connectivity index (χ0n) is 6.39. The molecule has 0 amide bonds. The molecule has 3 heteroatoms. The van der Waals surface area contributed by atoms with E-state index in [4.69, 9.17) is 5.73 Å². The van der Waals surface area contributed by atoms with E-state index in [2.05, 4.69) is 21.2 Å². The summed E-state index contributed by atoms with van der Waals surface area (Å²) in [5.41, 5.74) is 7.74. The van der Waals surface area contributed by atoms with Crippen molar-refractivity contribution >= 4 is 21.6 Å². The first kappa shape index (κ1) is 8.56. The maximum absolute atomic E-state index is 5.52. The van der Waals surface area contributed by atoms with Crippen LogP contribution >= 0.6 is 15.9 Å². The Morgan fingerprint density at radius 3 is 2.82 bits per heavy atom. The van der Waals surface area contributed by atoms with E-state index in [0.29, 0.717) is 6.54 Å². The van der Waals surface area contributed by atoms with E-state index in [1.807, 2.05) is 25.2 Å². The van der Waals surface area contributed by atoms with Crippen LogP contribution in [0.15, 0.2) is 22.7 Å². The Balaban J connectivity index is 3.06. The highest BCUT2D eigenvalue weighted by molar-refractivity contribution is 9.10. The van der Waals surface area contributed by atoms with Gasteiger partial charge in [-0.3, -0.25) is 0 Å². The fourth-order valence-corrected chi connectivity index (χ4v) is 1.32. The zero-order chi connectivity index (χ0) is 8.27. The minimum atomic E-state index is 0.573. The normalized spacial score (nSPS) is 9.73. The molecule has 0 atom stereocenters. The lowest BCUT2D eigenvalue weighted by atomic mass is 10.2. The summed E-state index contributed by atoms with van der Waals surface area (Å²) in [6.07, 6.45) is 0. The summed E-state index contributed by atoms with van der Waals surface area (Å²) < 4.78 is 1.07. The standard InChI is InChI=1S/C8H11BrN2/c1-11-8-4-7(9)3-2-6(8)5-10/h2-4,11H,5,10H2,1H3. The summed E-state index contributed by atoms with van der Waals surface area (Å²) in [5, 5.41) is 3.08. The van der Waals surface area contributed by atoms with E-state index in [-0.39, 0.29) is 0 Å². The smallest absolute Gasteiger partial charge is 0.0394 e. The zero-order valence-corrected chi connectivity index (χ0v) is 7.98. The van der Waals surface area contributed by atoms with Crippen molar-refractivity contribution in [3.8, 4) is 0 Å². The third-order valence-corrected chi connectivity index (χ3v) is 2.05. The molecule has 0 aliphatic heterocycles. The molecule has 2 nitrogen and oxygen atoms in total. The van der Waals surface area contributed by atoms with Crippen LogP contribution in [0.3, 0.4) is 0 Å². The van der Waals surface area contributed by atoms with Crippen LogP contribution in [0.1, 0.15) is 5.56 Å². The van der Waals surface area contributed by atoms with Gasteiger partial charge >= 0.3 is 0 Å². The van der Waals surface area contributed by atoms with E-state index >= 15 is 0 Å². The highest BCUT2D eigenvalue weighted by Gasteiger charge is 1.97. The van der Waals surface area contributed by atoms with Crippen molar-refractivity contribution in [3.63, 3.8) is 0 Å². The fourth-order valence-electron chi connectivity index (χ4n) is 0.959. The van der Waals surface area contributed by atoms with Gasteiger partial charge in [0.15, 0.2) is 0 Å². The second-order valence-corrected chi connectivity index (χ2v) is 3.17. The van der Waals surface area contributed by atoms with Gasteiger partial charge in [0.05, 0.1) is 0 Å². The minimum Gasteiger partial charge on any atom is -0.388 e. The summed E-state index contributed by atoms with van der Waals surface area (Å²) in [4.78, 5) is 0. The van der Waals surface area contributed by atoms with Gasteiger partial charge in [-0.1, -0.05) is 22.0 Å². The van der Waals surface area contributed by atoms with Crippen molar-refractivity contribution in [2.75, 3.05) is 12.4 Å². The molecular weight excluding hydrogens is 204 g/mol. The number of halogens is 1. The third-order valence-electron chi connectivity index (χ3n) is 1.56. The van der Waals surface area contributed by atoms with Crippen LogP contribution in [0, 0.1) is 0 Å². The first-order valence-corrected chi connectivity index (χ1v) is 4.23. The predicted molar refractivity (Wildman–Crippen MR) is 51.6 cm³/mol. The Bertz CT molecular complexity index is 248. The molecule has 0 fully saturated rings. The number of benzene rings is 1. The lowest BCUT2D eigenvalue weighted by Gasteiger charge is -2.06.